The van der Waals surface area contributed by atoms with Gasteiger partial charge in [0.2, 0.25) is 5.89 Å². The highest BCUT2D eigenvalue weighted by molar-refractivity contribution is 5.79. The molecule has 0 saturated carbocycles. The fourth-order valence-corrected chi connectivity index (χ4v) is 2.30. The smallest absolute Gasteiger partial charge is 0.214 e. The van der Waals surface area contributed by atoms with Gasteiger partial charge < -0.3 is 15.1 Å². The summed E-state index contributed by atoms with van der Waals surface area (Å²) >= 11 is 0. The van der Waals surface area contributed by atoms with Gasteiger partial charge in [-0.3, -0.25) is 4.99 Å². The van der Waals surface area contributed by atoms with Crippen molar-refractivity contribution in [2.24, 2.45) is 4.99 Å². The van der Waals surface area contributed by atoms with E-state index in [1.807, 2.05) is 26.0 Å². The highest BCUT2D eigenvalue weighted by Gasteiger charge is 2.21. The van der Waals surface area contributed by atoms with Gasteiger partial charge in [0.05, 0.1) is 12.2 Å². The van der Waals surface area contributed by atoms with E-state index in [-0.39, 0.29) is 11.2 Å². The number of aryl methyl sites for hydroxylation is 2. The fourth-order valence-electron chi connectivity index (χ4n) is 2.30. The number of oxazole rings is 1. The number of halogens is 1. The second-order valence-corrected chi connectivity index (χ2v) is 6.42. The summed E-state index contributed by atoms with van der Waals surface area (Å²) in [6.45, 7) is 9.13. The van der Waals surface area contributed by atoms with Gasteiger partial charge in [0.25, 0.3) is 0 Å². The highest BCUT2D eigenvalue weighted by atomic mass is 19.1. The van der Waals surface area contributed by atoms with Crippen LogP contribution in [0.5, 0.6) is 0 Å². The summed E-state index contributed by atoms with van der Waals surface area (Å²) < 4.78 is 18.6. The topological polar surface area (TPSA) is 62.5 Å². The lowest BCUT2D eigenvalue weighted by atomic mass is 9.84. The third kappa shape index (κ3) is 4.57. The summed E-state index contributed by atoms with van der Waals surface area (Å²) in [4.78, 5) is 8.54. The van der Waals surface area contributed by atoms with Crippen molar-refractivity contribution in [2.45, 2.75) is 39.7 Å². The molecule has 0 unspecified atom stereocenters. The van der Waals surface area contributed by atoms with Crippen LogP contribution in [0.2, 0.25) is 0 Å². The first kappa shape index (κ1) is 18.0. The molecule has 0 aliphatic rings. The van der Waals surface area contributed by atoms with Gasteiger partial charge in [0, 0.05) is 19.0 Å². The number of nitrogens with one attached hydrogen (secondary N) is 2. The number of hydrogen-bond donors (Lipinski definition) is 2. The molecule has 0 spiro atoms. The molecule has 5 nitrogen and oxygen atoms in total. The van der Waals surface area contributed by atoms with Gasteiger partial charge in [0.1, 0.15) is 11.6 Å². The molecule has 2 aromatic rings. The van der Waals surface area contributed by atoms with Crippen molar-refractivity contribution in [1.82, 2.24) is 15.6 Å². The van der Waals surface area contributed by atoms with Crippen LogP contribution in [-0.2, 0) is 12.0 Å². The van der Waals surface area contributed by atoms with Gasteiger partial charge in [-0.2, -0.15) is 0 Å². The summed E-state index contributed by atoms with van der Waals surface area (Å²) in [5.74, 6) is 1.90. The molecule has 1 aromatic carbocycles. The van der Waals surface area contributed by atoms with Crippen LogP contribution < -0.4 is 10.6 Å². The van der Waals surface area contributed by atoms with Crippen molar-refractivity contribution in [3.63, 3.8) is 0 Å². The Morgan fingerprint density at radius 3 is 2.42 bits per heavy atom. The quantitative estimate of drug-likeness (QED) is 0.652. The molecule has 0 aliphatic heterocycles. The van der Waals surface area contributed by atoms with Crippen LogP contribution in [0.25, 0.3) is 0 Å². The number of guanidine groups is 1. The maximum atomic E-state index is 13.1. The van der Waals surface area contributed by atoms with Crippen LogP contribution in [-0.4, -0.2) is 24.5 Å². The van der Waals surface area contributed by atoms with Crippen LogP contribution in [0.15, 0.2) is 33.7 Å². The molecule has 0 amide bonds. The molecule has 1 heterocycles. The van der Waals surface area contributed by atoms with Crippen LogP contribution in [0.3, 0.4) is 0 Å². The Bertz CT molecular complexity index is 685. The Morgan fingerprint density at radius 1 is 1.21 bits per heavy atom. The monoisotopic (exact) mass is 332 g/mol. The maximum Gasteiger partial charge on any atom is 0.214 e. The number of hydrogen-bond acceptors (Lipinski definition) is 3. The number of nitrogens with zero attached hydrogens (tertiary/aromatic N) is 2. The zero-order valence-corrected chi connectivity index (χ0v) is 14.9. The third-order valence-corrected chi connectivity index (χ3v) is 4.03. The van der Waals surface area contributed by atoms with Crippen molar-refractivity contribution >= 4 is 5.96 Å². The van der Waals surface area contributed by atoms with Crippen LogP contribution >= 0.6 is 0 Å². The van der Waals surface area contributed by atoms with E-state index in [1.54, 1.807) is 7.05 Å². The first-order valence-corrected chi connectivity index (χ1v) is 7.95. The molecule has 6 heteroatoms. The molecular formula is C18H25FN4O. The van der Waals surface area contributed by atoms with Crippen molar-refractivity contribution in [3.05, 3.63) is 53.0 Å². The summed E-state index contributed by atoms with van der Waals surface area (Å²) in [5.41, 5.74) is 1.79. The van der Waals surface area contributed by atoms with Gasteiger partial charge in [-0.25, -0.2) is 9.37 Å². The van der Waals surface area contributed by atoms with Crippen LogP contribution in [0, 0.1) is 19.7 Å². The summed E-state index contributed by atoms with van der Waals surface area (Å²) in [6, 6.07) is 6.59. The highest BCUT2D eigenvalue weighted by Crippen LogP contribution is 2.22. The van der Waals surface area contributed by atoms with E-state index in [1.165, 1.54) is 12.1 Å². The maximum absolute atomic E-state index is 13.1. The SMILES string of the molecule is CN=C(NCc1nc(C)c(C)o1)NCC(C)(C)c1ccc(F)cc1. The zero-order valence-electron chi connectivity index (χ0n) is 14.9. The molecule has 2 rings (SSSR count). The first-order chi connectivity index (χ1) is 11.3. The lowest BCUT2D eigenvalue weighted by Crippen LogP contribution is -2.43. The Hall–Kier alpha value is -2.37. The van der Waals surface area contributed by atoms with E-state index in [4.69, 9.17) is 4.42 Å². The second kappa shape index (κ2) is 7.47. The van der Waals surface area contributed by atoms with Gasteiger partial charge in [-0.05, 0) is 31.5 Å². The minimum Gasteiger partial charge on any atom is -0.444 e. The molecule has 1 aromatic heterocycles. The number of aliphatic imine (C=N–C) groups is 1. The van der Waals surface area contributed by atoms with Crippen LogP contribution in [0.4, 0.5) is 4.39 Å². The Labute approximate surface area is 142 Å². The minimum absolute atomic E-state index is 0.165. The molecule has 0 aliphatic carbocycles. The standard InChI is InChI=1S/C18H25FN4O/c1-12-13(2)24-16(23-12)10-21-17(20-5)22-11-18(3,4)14-6-8-15(19)9-7-14/h6-9H,10-11H2,1-5H3,(H2,20,21,22). The van der Waals surface area contributed by atoms with E-state index < -0.39 is 0 Å². The van der Waals surface area contributed by atoms with Gasteiger partial charge in [0.15, 0.2) is 5.96 Å². The summed E-state index contributed by atoms with van der Waals surface area (Å²) in [5, 5.41) is 6.47. The van der Waals surface area contributed by atoms with Gasteiger partial charge in [-0.15, -0.1) is 0 Å². The predicted molar refractivity (Wildman–Crippen MR) is 93.6 cm³/mol. The van der Waals surface area contributed by atoms with Crippen LogP contribution in [0.1, 0.15) is 36.8 Å². The zero-order chi connectivity index (χ0) is 17.7. The summed E-state index contributed by atoms with van der Waals surface area (Å²) in [6.07, 6.45) is 0. The van der Waals surface area contributed by atoms with Crippen molar-refractivity contribution < 1.29 is 8.81 Å². The van der Waals surface area contributed by atoms with E-state index in [0.717, 1.165) is 17.0 Å². The average molecular weight is 332 g/mol. The third-order valence-electron chi connectivity index (χ3n) is 4.03. The second-order valence-electron chi connectivity index (χ2n) is 6.42. The largest absolute Gasteiger partial charge is 0.444 e. The first-order valence-electron chi connectivity index (χ1n) is 7.95. The average Bonchev–Trinajstić information content (AvgIpc) is 2.86. The van der Waals surface area contributed by atoms with Crippen molar-refractivity contribution in [1.29, 1.82) is 0 Å². The minimum atomic E-state index is -0.225. The molecule has 0 radical (unpaired) electrons. The Balaban J connectivity index is 1.91. The lowest BCUT2D eigenvalue weighted by molar-refractivity contribution is 0.461. The van der Waals surface area contributed by atoms with E-state index in [9.17, 15) is 4.39 Å². The predicted octanol–water partition coefficient (Wildman–Crippen LogP) is 3.07. The normalized spacial score (nSPS) is 12.3. The molecule has 0 saturated heterocycles. The van der Waals surface area contributed by atoms with Gasteiger partial charge >= 0.3 is 0 Å². The summed E-state index contributed by atoms with van der Waals surface area (Å²) in [7, 11) is 1.71. The van der Waals surface area contributed by atoms with E-state index in [0.29, 0.717) is 24.9 Å². The molecule has 130 valence electrons. The fraction of sp³-hybridized carbons (Fsp3) is 0.444. The molecule has 0 bridgehead atoms. The van der Waals surface area contributed by atoms with E-state index in [2.05, 4.69) is 34.5 Å². The lowest BCUT2D eigenvalue weighted by Gasteiger charge is -2.26. The Kier molecular flexibility index (Phi) is 5.59. The molecule has 0 fully saturated rings. The molecular weight excluding hydrogens is 307 g/mol. The van der Waals surface area contributed by atoms with Gasteiger partial charge in [-0.1, -0.05) is 26.0 Å². The molecule has 2 N–H and O–H groups in total. The van der Waals surface area contributed by atoms with Crippen molar-refractivity contribution in [3.8, 4) is 0 Å². The van der Waals surface area contributed by atoms with E-state index >= 15 is 0 Å². The molecule has 0 atom stereocenters. The number of rotatable bonds is 5. The van der Waals surface area contributed by atoms with Crippen molar-refractivity contribution in [2.75, 3.05) is 13.6 Å². The molecule has 24 heavy (non-hydrogen) atoms. The Morgan fingerprint density at radius 2 is 1.88 bits per heavy atom. The number of benzene rings is 1. The number of aromatic nitrogens is 1.